The number of rotatable bonds is 5. The molecule has 1 amide bonds. The molecule has 2 aromatic rings. The SMILES string of the molecule is Cc1cc(NC(=O)c2ccn(C3CCCNC3)n2)ccc1OC(C)C. The smallest absolute Gasteiger partial charge is 0.276 e. The van der Waals surface area contributed by atoms with Crippen molar-refractivity contribution < 1.29 is 9.53 Å². The number of hydrogen-bond donors (Lipinski definition) is 2. The summed E-state index contributed by atoms with van der Waals surface area (Å²) in [5.74, 6) is 0.640. The molecule has 0 spiro atoms. The Morgan fingerprint density at radius 3 is 2.92 bits per heavy atom. The van der Waals surface area contributed by atoms with Gasteiger partial charge in [-0.1, -0.05) is 0 Å². The number of aromatic nitrogens is 2. The number of carbonyl (C=O) groups is 1. The summed E-state index contributed by atoms with van der Waals surface area (Å²) in [4.78, 5) is 12.5. The lowest BCUT2D eigenvalue weighted by atomic mass is 10.1. The molecule has 1 atom stereocenters. The van der Waals surface area contributed by atoms with E-state index >= 15 is 0 Å². The molecule has 0 bridgehead atoms. The van der Waals surface area contributed by atoms with Gasteiger partial charge in [0, 0.05) is 18.4 Å². The van der Waals surface area contributed by atoms with Crippen LogP contribution >= 0.6 is 0 Å². The van der Waals surface area contributed by atoms with E-state index in [4.69, 9.17) is 4.74 Å². The minimum atomic E-state index is -0.195. The molecule has 6 nitrogen and oxygen atoms in total. The Bertz CT molecular complexity index is 733. The average Bonchev–Trinajstić information content (AvgIpc) is 3.08. The zero-order valence-electron chi connectivity index (χ0n) is 15.1. The van der Waals surface area contributed by atoms with E-state index in [0.29, 0.717) is 11.7 Å². The first kappa shape index (κ1) is 17.5. The van der Waals surface area contributed by atoms with Crippen LogP contribution in [0.1, 0.15) is 48.8 Å². The van der Waals surface area contributed by atoms with Gasteiger partial charge in [-0.25, -0.2) is 0 Å². The van der Waals surface area contributed by atoms with E-state index in [1.165, 1.54) is 0 Å². The maximum absolute atomic E-state index is 12.5. The highest BCUT2D eigenvalue weighted by molar-refractivity contribution is 6.02. The fourth-order valence-electron chi connectivity index (χ4n) is 3.03. The van der Waals surface area contributed by atoms with E-state index in [1.54, 1.807) is 6.07 Å². The van der Waals surface area contributed by atoms with Crippen molar-refractivity contribution in [2.24, 2.45) is 0 Å². The number of nitrogens with one attached hydrogen (secondary N) is 2. The monoisotopic (exact) mass is 342 g/mol. The molecule has 1 fully saturated rings. The van der Waals surface area contributed by atoms with Crippen molar-refractivity contribution in [3.8, 4) is 5.75 Å². The molecule has 6 heteroatoms. The lowest BCUT2D eigenvalue weighted by Crippen LogP contribution is -2.32. The fourth-order valence-corrected chi connectivity index (χ4v) is 3.03. The number of ether oxygens (including phenoxy) is 1. The van der Waals surface area contributed by atoms with E-state index in [9.17, 15) is 4.79 Å². The zero-order chi connectivity index (χ0) is 17.8. The average molecular weight is 342 g/mol. The second-order valence-corrected chi connectivity index (χ2v) is 6.78. The molecule has 0 saturated carbocycles. The van der Waals surface area contributed by atoms with Crippen LogP contribution in [0, 0.1) is 6.92 Å². The molecule has 2 heterocycles. The van der Waals surface area contributed by atoms with Gasteiger partial charge < -0.3 is 15.4 Å². The Balaban J connectivity index is 1.66. The number of anilines is 1. The quantitative estimate of drug-likeness (QED) is 0.876. The predicted molar refractivity (Wildman–Crippen MR) is 98.3 cm³/mol. The van der Waals surface area contributed by atoms with Crippen LogP contribution in [0.25, 0.3) is 0 Å². The highest BCUT2D eigenvalue weighted by atomic mass is 16.5. The first-order chi connectivity index (χ1) is 12.0. The van der Waals surface area contributed by atoms with Gasteiger partial charge in [-0.3, -0.25) is 9.48 Å². The number of aryl methyl sites for hydroxylation is 1. The Morgan fingerprint density at radius 2 is 2.24 bits per heavy atom. The summed E-state index contributed by atoms with van der Waals surface area (Å²) >= 11 is 0. The maximum atomic E-state index is 12.5. The molecule has 1 aromatic carbocycles. The lowest BCUT2D eigenvalue weighted by Gasteiger charge is -2.22. The zero-order valence-corrected chi connectivity index (χ0v) is 15.1. The molecule has 2 N–H and O–H groups in total. The lowest BCUT2D eigenvalue weighted by molar-refractivity contribution is 0.102. The van der Waals surface area contributed by atoms with Crippen molar-refractivity contribution in [2.75, 3.05) is 18.4 Å². The molecule has 1 saturated heterocycles. The van der Waals surface area contributed by atoms with Gasteiger partial charge in [-0.2, -0.15) is 5.10 Å². The van der Waals surface area contributed by atoms with Gasteiger partial charge in [0.25, 0.3) is 5.91 Å². The van der Waals surface area contributed by atoms with Crippen LogP contribution in [0.4, 0.5) is 5.69 Å². The summed E-state index contributed by atoms with van der Waals surface area (Å²) < 4.78 is 7.62. The third-order valence-electron chi connectivity index (χ3n) is 4.28. The summed E-state index contributed by atoms with van der Waals surface area (Å²) in [6.07, 6.45) is 4.23. The first-order valence-electron chi connectivity index (χ1n) is 8.87. The molecule has 134 valence electrons. The molecule has 0 aliphatic carbocycles. The summed E-state index contributed by atoms with van der Waals surface area (Å²) in [6, 6.07) is 7.75. The predicted octanol–water partition coefficient (Wildman–Crippen LogP) is 3.16. The third kappa shape index (κ3) is 4.39. The van der Waals surface area contributed by atoms with Gasteiger partial charge in [0.15, 0.2) is 5.69 Å². The summed E-state index contributed by atoms with van der Waals surface area (Å²) in [7, 11) is 0. The maximum Gasteiger partial charge on any atom is 0.276 e. The second kappa shape index (κ2) is 7.70. The van der Waals surface area contributed by atoms with Gasteiger partial charge in [0.1, 0.15) is 5.75 Å². The van der Waals surface area contributed by atoms with Crippen molar-refractivity contribution in [3.63, 3.8) is 0 Å². The van der Waals surface area contributed by atoms with Crippen molar-refractivity contribution in [1.82, 2.24) is 15.1 Å². The highest BCUT2D eigenvalue weighted by Gasteiger charge is 2.18. The summed E-state index contributed by atoms with van der Waals surface area (Å²) in [5.41, 5.74) is 2.17. The van der Waals surface area contributed by atoms with E-state index in [-0.39, 0.29) is 12.0 Å². The van der Waals surface area contributed by atoms with E-state index in [0.717, 1.165) is 42.9 Å². The number of carbonyl (C=O) groups excluding carboxylic acids is 1. The minimum absolute atomic E-state index is 0.123. The number of hydrogen-bond acceptors (Lipinski definition) is 4. The van der Waals surface area contributed by atoms with Gasteiger partial charge >= 0.3 is 0 Å². The van der Waals surface area contributed by atoms with Crippen LogP contribution in [0.3, 0.4) is 0 Å². The Kier molecular flexibility index (Phi) is 5.38. The second-order valence-electron chi connectivity index (χ2n) is 6.78. The van der Waals surface area contributed by atoms with Crippen molar-refractivity contribution in [2.45, 2.75) is 45.8 Å². The Labute approximate surface area is 148 Å². The van der Waals surface area contributed by atoms with Crippen LogP contribution in [-0.2, 0) is 0 Å². The fraction of sp³-hybridized carbons (Fsp3) is 0.474. The molecule has 1 aliphatic heterocycles. The normalized spacial score (nSPS) is 17.5. The number of benzene rings is 1. The van der Waals surface area contributed by atoms with Gasteiger partial charge in [-0.15, -0.1) is 0 Å². The molecular weight excluding hydrogens is 316 g/mol. The molecule has 0 radical (unpaired) electrons. The van der Waals surface area contributed by atoms with Crippen molar-refractivity contribution in [3.05, 3.63) is 41.7 Å². The van der Waals surface area contributed by atoms with Gasteiger partial charge in [-0.05, 0) is 70.0 Å². The Hall–Kier alpha value is -2.34. The highest BCUT2D eigenvalue weighted by Crippen LogP contribution is 2.23. The number of nitrogens with zero attached hydrogens (tertiary/aromatic N) is 2. The van der Waals surface area contributed by atoms with Crippen LogP contribution < -0.4 is 15.4 Å². The molecule has 3 rings (SSSR count). The Morgan fingerprint density at radius 1 is 1.40 bits per heavy atom. The van der Waals surface area contributed by atoms with Crippen LogP contribution in [0.2, 0.25) is 0 Å². The van der Waals surface area contributed by atoms with Crippen LogP contribution in [-0.4, -0.2) is 34.9 Å². The topological polar surface area (TPSA) is 68.2 Å². The van der Waals surface area contributed by atoms with Gasteiger partial charge in [0.05, 0.1) is 12.1 Å². The van der Waals surface area contributed by atoms with E-state index in [1.807, 2.05) is 49.8 Å². The molecular formula is C19H26N4O2. The molecule has 1 aliphatic rings. The van der Waals surface area contributed by atoms with Crippen molar-refractivity contribution >= 4 is 11.6 Å². The minimum Gasteiger partial charge on any atom is -0.491 e. The largest absolute Gasteiger partial charge is 0.491 e. The standard InChI is InChI=1S/C19H26N4O2/c1-13(2)25-18-7-6-15(11-14(18)3)21-19(24)17-8-10-23(22-17)16-5-4-9-20-12-16/h6-8,10-11,13,16,20H,4-5,9,12H2,1-3H3,(H,21,24). The van der Waals surface area contributed by atoms with Crippen molar-refractivity contribution in [1.29, 1.82) is 0 Å². The van der Waals surface area contributed by atoms with Gasteiger partial charge in [0.2, 0.25) is 0 Å². The third-order valence-corrected chi connectivity index (χ3v) is 4.28. The van der Waals surface area contributed by atoms with Crippen LogP contribution in [0.15, 0.2) is 30.5 Å². The summed E-state index contributed by atoms with van der Waals surface area (Å²) in [5, 5.41) is 10.7. The molecule has 1 aromatic heterocycles. The first-order valence-corrected chi connectivity index (χ1v) is 8.87. The number of amides is 1. The molecule has 1 unspecified atom stereocenters. The van der Waals surface area contributed by atoms with E-state index < -0.39 is 0 Å². The van der Waals surface area contributed by atoms with E-state index in [2.05, 4.69) is 15.7 Å². The molecule has 25 heavy (non-hydrogen) atoms. The number of piperidine rings is 1. The summed E-state index contributed by atoms with van der Waals surface area (Å²) in [6.45, 7) is 7.92. The van der Waals surface area contributed by atoms with Crippen LogP contribution in [0.5, 0.6) is 5.75 Å².